The third-order valence-electron chi connectivity index (χ3n) is 3.15. The predicted molar refractivity (Wildman–Crippen MR) is 67.0 cm³/mol. The van der Waals surface area contributed by atoms with Crippen LogP contribution in [0.1, 0.15) is 33.6 Å². The summed E-state index contributed by atoms with van der Waals surface area (Å²) in [6, 6.07) is 0. The number of rotatable bonds is 3. The van der Waals surface area contributed by atoms with Gasteiger partial charge in [0.05, 0.1) is 6.33 Å². The number of nitrogens with zero attached hydrogens (tertiary/aromatic N) is 4. The van der Waals surface area contributed by atoms with Crippen molar-refractivity contribution in [3.63, 3.8) is 0 Å². The fourth-order valence-corrected chi connectivity index (χ4v) is 2.20. The lowest BCUT2D eigenvalue weighted by Gasteiger charge is -2.26. The molecule has 0 unspecified atom stereocenters. The van der Waals surface area contributed by atoms with E-state index in [2.05, 4.69) is 30.7 Å². The van der Waals surface area contributed by atoms with E-state index in [0.29, 0.717) is 11.2 Å². The molecule has 0 spiro atoms. The van der Waals surface area contributed by atoms with Crippen molar-refractivity contribution >= 4 is 11.2 Å². The van der Waals surface area contributed by atoms with Gasteiger partial charge < -0.3 is 4.57 Å². The summed E-state index contributed by atoms with van der Waals surface area (Å²) in [5, 5.41) is 0. The van der Waals surface area contributed by atoms with Crippen LogP contribution in [0.3, 0.4) is 0 Å². The Balaban J connectivity index is 2.68. The van der Waals surface area contributed by atoms with E-state index in [9.17, 15) is 4.79 Å². The topological polar surface area (TPSA) is 52.7 Å². The summed E-state index contributed by atoms with van der Waals surface area (Å²) in [5.41, 5.74) is 0.850. The van der Waals surface area contributed by atoms with Crippen molar-refractivity contribution in [3.05, 3.63) is 23.0 Å². The van der Waals surface area contributed by atoms with Crippen LogP contribution in [-0.4, -0.2) is 19.1 Å². The molecule has 0 amide bonds. The maximum Gasteiger partial charge on any atom is 0.280 e. The van der Waals surface area contributed by atoms with E-state index in [1.807, 2.05) is 7.05 Å². The molecular formula is C12H18N4O. The molecule has 92 valence electrons. The lowest BCUT2D eigenvalue weighted by molar-refractivity contribution is 0.312. The molecular weight excluding hydrogens is 216 g/mol. The summed E-state index contributed by atoms with van der Waals surface area (Å²) in [4.78, 5) is 20.7. The van der Waals surface area contributed by atoms with Gasteiger partial charge in [0.25, 0.3) is 5.56 Å². The highest BCUT2D eigenvalue weighted by molar-refractivity contribution is 5.68. The van der Waals surface area contributed by atoms with Crippen LogP contribution in [0.2, 0.25) is 0 Å². The molecule has 0 aromatic carbocycles. The summed E-state index contributed by atoms with van der Waals surface area (Å²) in [6.45, 7) is 6.23. The van der Waals surface area contributed by atoms with Crippen molar-refractivity contribution in [2.45, 2.75) is 39.2 Å². The van der Waals surface area contributed by atoms with Crippen molar-refractivity contribution < 1.29 is 0 Å². The van der Waals surface area contributed by atoms with Gasteiger partial charge >= 0.3 is 0 Å². The number of aryl methyl sites for hydroxylation is 1. The highest BCUT2D eigenvalue weighted by atomic mass is 16.1. The van der Waals surface area contributed by atoms with E-state index < -0.39 is 0 Å². The first-order valence-corrected chi connectivity index (χ1v) is 5.86. The molecule has 0 saturated carbocycles. The van der Waals surface area contributed by atoms with E-state index in [4.69, 9.17) is 0 Å². The van der Waals surface area contributed by atoms with Gasteiger partial charge in [0.15, 0.2) is 11.2 Å². The van der Waals surface area contributed by atoms with Crippen molar-refractivity contribution in [2.24, 2.45) is 7.05 Å². The van der Waals surface area contributed by atoms with Crippen LogP contribution in [0.25, 0.3) is 11.2 Å². The summed E-state index contributed by atoms with van der Waals surface area (Å²) in [5.74, 6) is 0. The maximum atomic E-state index is 12.4. The van der Waals surface area contributed by atoms with Crippen molar-refractivity contribution in [1.82, 2.24) is 19.1 Å². The van der Waals surface area contributed by atoms with Crippen LogP contribution in [0.5, 0.6) is 0 Å². The van der Waals surface area contributed by atoms with Gasteiger partial charge in [-0.25, -0.2) is 9.97 Å². The molecule has 0 N–H and O–H groups in total. The number of hydrogen-bond acceptors (Lipinski definition) is 3. The number of fused-ring (bicyclic) bond motifs is 1. The molecule has 17 heavy (non-hydrogen) atoms. The third kappa shape index (κ3) is 1.85. The molecule has 0 saturated heterocycles. The maximum absolute atomic E-state index is 12.4. The smallest absolute Gasteiger partial charge is 0.280 e. The van der Waals surface area contributed by atoms with Gasteiger partial charge in [-0.3, -0.25) is 9.36 Å². The Morgan fingerprint density at radius 2 is 1.94 bits per heavy atom. The Morgan fingerprint density at radius 3 is 2.59 bits per heavy atom. The van der Waals surface area contributed by atoms with E-state index in [1.165, 1.54) is 0 Å². The molecule has 2 aromatic heterocycles. The van der Waals surface area contributed by atoms with E-state index >= 15 is 0 Å². The molecule has 2 aromatic rings. The second-order valence-corrected chi connectivity index (χ2v) is 5.01. The monoisotopic (exact) mass is 234 g/mol. The second-order valence-electron chi connectivity index (χ2n) is 5.01. The average Bonchev–Trinajstić information content (AvgIpc) is 2.61. The summed E-state index contributed by atoms with van der Waals surface area (Å²) >= 11 is 0. The standard InChI is InChI=1S/C12H18N4O/c1-5-6-12(2,3)16-8-14-10-9(11(16)17)15(4)7-13-10/h7-8H,5-6H2,1-4H3. The molecule has 0 aliphatic carbocycles. The van der Waals surface area contributed by atoms with Crippen LogP contribution in [0.4, 0.5) is 0 Å². The Morgan fingerprint density at radius 1 is 1.29 bits per heavy atom. The first-order valence-electron chi connectivity index (χ1n) is 5.86. The molecule has 0 aliphatic rings. The fraction of sp³-hybridized carbons (Fsp3) is 0.583. The molecule has 2 rings (SSSR count). The predicted octanol–water partition coefficient (Wildman–Crippen LogP) is 1.67. The van der Waals surface area contributed by atoms with Crippen LogP contribution in [0, 0.1) is 0 Å². The highest BCUT2D eigenvalue weighted by Crippen LogP contribution is 2.19. The zero-order valence-electron chi connectivity index (χ0n) is 10.8. The van der Waals surface area contributed by atoms with Crippen LogP contribution >= 0.6 is 0 Å². The zero-order valence-corrected chi connectivity index (χ0v) is 10.8. The lowest BCUT2D eigenvalue weighted by atomic mass is 9.98. The highest BCUT2D eigenvalue weighted by Gasteiger charge is 2.22. The summed E-state index contributed by atoms with van der Waals surface area (Å²) in [7, 11) is 1.82. The first-order chi connectivity index (χ1) is 7.97. The third-order valence-corrected chi connectivity index (χ3v) is 3.15. The quantitative estimate of drug-likeness (QED) is 0.811. The van der Waals surface area contributed by atoms with Crippen molar-refractivity contribution in [3.8, 4) is 0 Å². The molecule has 0 atom stereocenters. The van der Waals surface area contributed by atoms with Gasteiger partial charge in [-0.05, 0) is 20.3 Å². The Hall–Kier alpha value is -1.65. The molecule has 0 aliphatic heterocycles. The van der Waals surface area contributed by atoms with Gasteiger partial charge in [-0.2, -0.15) is 0 Å². The fourth-order valence-electron chi connectivity index (χ4n) is 2.20. The van der Waals surface area contributed by atoms with Crippen LogP contribution in [0.15, 0.2) is 17.4 Å². The lowest BCUT2D eigenvalue weighted by Crippen LogP contribution is -2.36. The Kier molecular flexibility index (Phi) is 2.77. The van der Waals surface area contributed by atoms with Gasteiger partial charge in [-0.1, -0.05) is 13.3 Å². The van der Waals surface area contributed by atoms with Gasteiger partial charge in [0, 0.05) is 12.6 Å². The minimum atomic E-state index is -0.211. The molecule has 5 nitrogen and oxygen atoms in total. The van der Waals surface area contributed by atoms with Gasteiger partial charge in [0.1, 0.15) is 6.33 Å². The minimum absolute atomic E-state index is 0.0200. The van der Waals surface area contributed by atoms with Gasteiger partial charge in [0.2, 0.25) is 0 Å². The summed E-state index contributed by atoms with van der Waals surface area (Å²) < 4.78 is 3.43. The van der Waals surface area contributed by atoms with E-state index in [1.54, 1.807) is 21.8 Å². The number of hydrogen-bond donors (Lipinski definition) is 0. The molecule has 0 radical (unpaired) electrons. The Labute approximate surface area is 100 Å². The number of imidazole rings is 1. The molecule has 0 fully saturated rings. The van der Waals surface area contributed by atoms with Crippen molar-refractivity contribution in [1.29, 1.82) is 0 Å². The SMILES string of the molecule is CCCC(C)(C)n1cnc2ncn(C)c2c1=O. The van der Waals surface area contributed by atoms with Crippen LogP contribution in [-0.2, 0) is 12.6 Å². The normalized spacial score (nSPS) is 12.2. The van der Waals surface area contributed by atoms with Crippen molar-refractivity contribution in [2.75, 3.05) is 0 Å². The second kappa shape index (κ2) is 3.98. The molecule has 0 bridgehead atoms. The average molecular weight is 234 g/mol. The largest absolute Gasteiger partial charge is 0.328 e. The van der Waals surface area contributed by atoms with E-state index in [0.717, 1.165) is 12.8 Å². The zero-order chi connectivity index (χ0) is 12.6. The van der Waals surface area contributed by atoms with E-state index in [-0.39, 0.29) is 11.1 Å². The van der Waals surface area contributed by atoms with Gasteiger partial charge in [-0.15, -0.1) is 0 Å². The molecule has 2 heterocycles. The molecule has 5 heteroatoms. The Bertz CT molecular complexity index is 594. The number of aromatic nitrogens is 4. The van der Waals surface area contributed by atoms with Crippen LogP contribution < -0.4 is 5.56 Å². The summed E-state index contributed by atoms with van der Waals surface area (Å²) in [6.07, 6.45) is 5.20. The minimum Gasteiger partial charge on any atom is -0.328 e. The first kappa shape index (κ1) is 11.8.